The van der Waals surface area contributed by atoms with Gasteiger partial charge in [-0.15, -0.1) is 0 Å². The summed E-state index contributed by atoms with van der Waals surface area (Å²) in [6.45, 7) is 5.70. The fourth-order valence-corrected chi connectivity index (χ4v) is 3.60. The SMILES string of the molecule is CC1CCCN(S(=O)(=O)NC(C)CCN)C1. The Balaban J connectivity index is 2.55. The van der Waals surface area contributed by atoms with Crippen molar-refractivity contribution in [1.29, 1.82) is 0 Å². The van der Waals surface area contributed by atoms with Gasteiger partial charge in [0.25, 0.3) is 10.2 Å². The van der Waals surface area contributed by atoms with Crippen LogP contribution < -0.4 is 10.5 Å². The zero-order valence-electron chi connectivity index (χ0n) is 10.1. The highest BCUT2D eigenvalue weighted by molar-refractivity contribution is 7.87. The minimum Gasteiger partial charge on any atom is -0.330 e. The van der Waals surface area contributed by atoms with E-state index in [2.05, 4.69) is 11.6 Å². The van der Waals surface area contributed by atoms with Crippen LogP contribution in [0.3, 0.4) is 0 Å². The van der Waals surface area contributed by atoms with Gasteiger partial charge in [0.1, 0.15) is 0 Å². The molecule has 1 heterocycles. The van der Waals surface area contributed by atoms with Crippen LogP contribution in [0.4, 0.5) is 0 Å². The first kappa shape index (κ1) is 13.9. The molecule has 0 bridgehead atoms. The lowest BCUT2D eigenvalue weighted by Crippen LogP contribution is -2.48. The molecule has 3 N–H and O–H groups in total. The highest BCUT2D eigenvalue weighted by Crippen LogP contribution is 2.17. The van der Waals surface area contributed by atoms with Crippen LogP contribution in [0.25, 0.3) is 0 Å². The number of rotatable bonds is 5. The van der Waals surface area contributed by atoms with Crippen molar-refractivity contribution in [3.8, 4) is 0 Å². The molecule has 6 heteroatoms. The predicted octanol–water partition coefficient (Wildman–Crippen LogP) is 0.290. The van der Waals surface area contributed by atoms with Gasteiger partial charge in [-0.25, -0.2) is 0 Å². The quantitative estimate of drug-likeness (QED) is 0.735. The fourth-order valence-electron chi connectivity index (χ4n) is 2.00. The molecule has 0 aromatic rings. The number of piperidine rings is 1. The zero-order valence-corrected chi connectivity index (χ0v) is 11.0. The topological polar surface area (TPSA) is 75.4 Å². The molecule has 0 radical (unpaired) electrons. The maximum Gasteiger partial charge on any atom is 0.279 e. The Bertz CT molecular complexity index is 305. The van der Waals surface area contributed by atoms with Crippen molar-refractivity contribution >= 4 is 10.2 Å². The van der Waals surface area contributed by atoms with Gasteiger partial charge in [-0.2, -0.15) is 17.4 Å². The highest BCUT2D eigenvalue weighted by atomic mass is 32.2. The number of hydrogen-bond acceptors (Lipinski definition) is 3. The lowest BCUT2D eigenvalue weighted by atomic mass is 10.0. The third kappa shape index (κ3) is 4.01. The first-order valence-electron chi connectivity index (χ1n) is 5.93. The number of hydrogen-bond donors (Lipinski definition) is 2. The summed E-state index contributed by atoms with van der Waals surface area (Å²) >= 11 is 0. The lowest BCUT2D eigenvalue weighted by molar-refractivity contribution is 0.276. The Labute approximate surface area is 98.6 Å². The van der Waals surface area contributed by atoms with Gasteiger partial charge in [-0.1, -0.05) is 6.92 Å². The summed E-state index contributed by atoms with van der Waals surface area (Å²) < 4.78 is 28.2. The van der Waals surface area contributed by atoms with Gasteiger partial charge in [-0.05, 0) is 38.6 Å². The maximum atomic E-state index is 12.0. The molecule has 1 aliphatic heterocycles. The summed E-state index contributed by atoms with van der Waals surface area (Å²) in [6.07, 6.45) is 2.74. The standard InChI is InChI=1S/C10H23N3O2S/c1-9-4-3-7-13(8-9)16(14,15)12-10(2)5-6-11/h9-10,12H,3-8,11H2,1-2H3. The molecule has 0 saturated carbocycles. The van der Waals surface area contributed by atoms with Gasteiger partial charge in [0, 0.05) is 19.1 Å². The molecule has 0 spiro atoms. The van der Waals surface area contributed by atoms with E-state index in [0.29, 0.717) is 32.0 Å². The molecule has 1 saturated heterocycles. The summed E-state index contributed by atoms with van der Waals surface area (Å²) in [5.41, 5.74) is 5.40. The summed E-state index contributed by atoms with van der Waals surface area (Å²) in [5, 5.41) is 0. The second-order valence-electron chi connectivity index (χ2n) is 4.71. The minimum absolute atomic E-state index is 0.0905. The van der Waals surface area contributed by atoms with E-state index in [1.807, 2.05) is 6.92 Å². The molecule has 2 atom stereocenters. The molecule has 0 amide bonds. The van der Waals surface area contributed by atoms with Crippen molar-refractivity contribution in [2.75, 3.05) is 19.6 Å². The first-order chi connectivity index (χ1) is 7.45. The Morgan fingerprint density at radius 3 is 2.81 bits per heavy atom. The van der Waals surface area contributed by atoms with Crippen molar-refractivity contribution in [3.63, 3.8) is 0 Å². The smallest absolute Gasteiger partial charge is 0.279 e. The van der Waals surface area contributed by atoms with Gasteiger partial charge < -0.3 is 5.73 Å². The zero-order chi connectivity index (χ0) is 12.2. The van der Waals surface area contributed by atoms with E-state index < -0.39 is 10.2 Å². The van der Waals surface area contributed by atoms with Gasteiger partial charge in [0.05, 0.1) is 0 Å². The van der Waals surface area contributed by atoms with Crippen LogP contribution in [0.1, 0.15) is 33.1 Å². The molecule has 5 nitrogen and oxygen atoms in total. The van der Waals surface area contributed by atoms with Crippen LogP contribution in [0.2, 0.25) is 0 Å². The van der Waals surface area contributed by atoms with Crippen LogP contribution in [-0.2, 0) is 10.2 Å². The Morgan fingerprint density at radius 2 is 2.25 bits per heavy atom. The Kier molecular flexibility index (Phi) is 5.17. The van der Waals surface area contributed by atoms with Crippen molar-refractivity contribution in [2.45, 2.75) is 39.2 Å². The normalized spacial score (nSPS) is 25.6. The monoisotopic (exact) mass is 249 g/mol. The van der Waals surface area contributed by atoms with Gasteiger partial charge in [0.15, 0.2) is 0 Å². The number of nitrogens with zero attached hydrogens (tertiary/aromatic N) is 1. The molecule has 16 heavy (non-hydrogen) atoms. The predicted molar refractivity (Wildman–Crippen MR) is 65.2 cm³/mol. The molecule has 96 valence electrons. The summed E-state index contributed by atoms with van der Waals surface area (Å²) in [6, 6.07) is -0.0905. The molecule has 1 fully saturated rings. The lowest BCUT2D eigenvalue weighted by Gasteiger charge is -2.31. The number of nitrogens with one attached hydrogen (secondary N) is 1. The summed E-state index contributed by atoms with van der Waals surface area (Å²) in [4.78, 5) is 0. The van der Waals surface area contributed by atoms with Crippen LogP contribution in [0, 0.1) is 5.92 Å². The van der Waals surface area contributed by atoms with E-state index in [-0.39, 0.29) is 6.04 Å². The van der Waals surface area contributed by atoms with E-state index in [4.69, 9.17) is 5.73 Å². The molecule has 2 unspecified atom stereocenters. The summed E-state index contributed by atoms with van der Waals surface area (Å²) in [5.74, 6) is 0.454. The van der Waals surface area contributed by atoms with E-state index >= 15 is 0 Å². The highest BCUT2D eigenvalue weighted by Gasteiger charge is 2.27. The van der Waals surface area contributed by atoms with E-state index in [1.54, 1.807) is 4.31 Å². The molecule has 0 aliphatic carbocycles. The molecule has 0 aromatic heterocycles. The van der Waals surface area contributed by atoms with Gasteiger partial charge in [0.2, 0.25) is 0 Å². The van der Waals surface area contributed by atoms with Crippen LogP contribution in [-0.4, -0.2) is 38.4 Å². The van der Waals surface area contributed by atoms with Crippen molar-refractivity contribution in [1.82, 2.24) is 9.03 Å². The molecule has 1 rings (SSSR count). The van der Waals surface area contributed by atoms with Crippen molar-refractivity contribution < 1.29 is 8.42 Å². The number of nitrogens with two attached hydrogens (primary N) is 1. The average molecular weight is 249 g/mol. The average Bonchev–Trinajstić information content (AvgIpc) is 2.17. The largest absolute Gasteiger partial charge is 0.330 e. The van der Waals surface area contributed by atoms with Gasteiger partial charge in [-0.3, -0.25) is 0 Å². The van der Waals surface area contributed by atoms with Crippen LogP contribution in [0.15, 0.2) is 0 Å². The first-order valence-corrected chi connectivity index (χ1v) is 7.37. The van der Waals surface area contributed by atoms with Crippen LogP contribution >= 0.6 is 0 Å². The molecular weight excluding hydrogens is 226 g/mol. The molecule has 1 aliphatic rings. The fraction of sp³-hybridized carbons (Fsp3) is 1.00. The third-order valence-electron chi connectivity index (χ3n) is 2.91. The molecular formula is C10H23N3O2S. The second-order valence-corrected chi connectivity index (χ2v) is 6.41. The van der Waals surface area contributed by atoms with Crippen molar-refractivity contribution in [2.24, 2.45) is 11.7 Å². The minimum atomic E-state index is -3.31. The van der Waals surface area contributed by atoms with E-state index in [0.717, 1.165) is 12.8 Å². The van der Waals surface area contributed by atoms with Crippen LogP contribution in [0.5, 0.6) is 0 Å². The third-order valence-corrected chi connectivity index (χ3v) is 4.62. The van der Waals surface area contributed by atoms with Crippen molar-refractivity contribution in [3.05, 3.63) is 0 Å². The summed E-state index contributed by atoms with van der Waals surface area (Å²) in [7, 11) is -3.31. The Hall–Kier alpha value is -0.170. The second kappa shape index (κ2) is 5.95. The molecule has 0 aromatic carbocycles. The Morgan fingerprint density at radius 1 is 1.56 bits per heavy atom. The van der Waals surface area contributed by atoms with E-state index in [9.17, 15) is 8.42 Å². The maximum absolute atomic E-state index is 12.0. The van der Waals surface area contributed by atoms with Gasteiger partial charge >= 0.3 is 0 Å². The van der Waals surface area contributed by atoms with E-state index in [1.165, 1.54) is 0 Å².